The van der Waals surface area contributed by atoms with E-state index in [1.807, 2.05) is 6.07 Å². The van der Waals surface area contributed by atoms with Crippen LogP contribution < -0.4 is 0 Å². The fraction of sp³-hybridized carbons (Fsp3) is 0.538. The highest BCUT2D eigenvalue weighted by atomic mass is 16.3. The normalized spacial score (nSPS) is 14.9. The van der Waals surface area contributed by atoms with E-state index >= 15 is 0 Å². The van der Waals surface area contributed by atoms with Crippen LogP contribution in [-0.2, 0) is 5.41 Å². The molecule has 1 aromatic rings. The molecule has 2 N–H and O–H groups in total. The minimum absolute atomic E-state index is 0.0247. The number of benzene rings is 1. The van der Waals surface area contributed by atoms with Crippen molar-refractivity contribution in [2.45, 2.75) is 45.4 Å². The third-order valence-corrected chi connectivity index (χ3v) is 3.25. The molecule has 1 atom stereocenters. The lowest BCUT2D eigenvalue weighted by atomic mass is 9.76. The van der Waals surface area contributed by atoms with Gasteiger partial charge in [-0.25, -0.2) is 0 Å². The first-order chi connectivity index (χ1) is 7.03. The second-order valence-corrected chi connectivity index (χ2v) is 4.37. The van der Waals surface area contributed by atoms with E-state index in [1.165, 1.54) is 0 Å². The van der Waals surface area contributed by atoms with Gasteiger partial charge < -0.3 is 10.2 Å². The molecule has 0 saturated heterocycles. The first-order valence-corrected chi connectivity index (χ1v) is 5.56. The Balaban J connectivity index is 3.07. The molecule has 0 aliphatic carbocycles. The van der Waals surface area contributed by atoms with Gasteiger partial charge in [0.25, 0.3) is 0 Å². The van der Waals surface area contributed by atoms with Crippen LogP contribution in [0.3, 0.4) is 0 Å². The van der Waals surface area contributed by atoms with Crippen LogP contribution in [0.1, 0.15) is 45.6 Å². The lowest BCUT2D eigenvalue weighted by Gasteiger charge is -2.28. The van der Waals surface area contributed by atoms with E-state index < -0.39 is 0 Å². The van der Waals surface area contributed by atoms with Gasteiger partial charge in [0.1, 0.15) is 0 Å². The average molecular weight is 208 g/mol. The van der Waals surface area contributed by atoms with Gasteiger partial charge in [0.2, 0.25) is 0 Å². The van der Waals surface area contributed by atoms with Gasteiger partial charge in [0.05, 0.1) is 0 Å². The van der Waals surface area contributed by atoms with Crippen LogP contribution >= 0.6 is 0 Å². The summed E-state index contributed by atoms with van der Waals surface area (Å²) in [5.41, 5.74) is 1.20. The molecule has 0 saturated carbocycles. The second kappa shape index (κ2) is 4.56. The third-order valence-electron chi connectivity index (χ3n) is 3.25. The molecule has 1 aromatic carbocycles. The Kier molecular flexibility index (Phi) is 3.61. The molecule has 84 valence electrons. The molecule has 0 spiro atoms. The smallest absolute Gasteiger partial charge is 0.157 e. The summed E-state index contributed by atoms with van der Waals surface area (Å²) < 4.78 is 0. The summed E-state index contributed by atoms with van der Waals surface area (Å²) >= 11 is 0. The summed E-state index contributed by atoms with van der Waals surface area (Å²) in [5, 5.41) is 18.7. The molecule has 0 amide bonds. The van der Waals surface area contributed by atoms with Gasteiger partial charge in [-0.3, -0.25) is 0 Å². The van der Waals surface area contributed by atoms with E-state index in [9.17, 15) is 10.2 Å². The molecule has 0 bridgehead atoms. The van der Waals surface area contributed by atoms with Crippen molar-refractivity contribution in [3.63, 3.8) is 0 Å². The van der Waals surface area contributed by atoms with E-state index in [2.05, 4.69) is 20.8 Å². The largest absolute Gasteiger partial charge is 0.504 e. The van der Waals surface area contributed by atoms with E-state index in [0.717, 1.165) is 24.8 Å². The van der Waals surface area contributed by atoms with Crippen molar-refractivity contribution < 1.29 is 10.2 Å². The summed E-state index contributed by atoms with van der Waals surface area (Å²) in [6.45, 7) is 6.51. The Morgan fingerprint density at radius 3 is 2.27 bits per heavy atom. The van der Waals surface area contributed by atoms with Gasteiger partial charge in [0.15, 0.2) is 11.5 Å². The molecule has 1 rings (SSSR count). The number of rotatable bonds is 4. The Hall–Kier alpha value is -1.18. The number of aromatic hydroxyl groups is 2. The van der Waals surface area contributed by atoms with Crippen LogP contribution in [0, 0.1) is 0 Å². The van der Waals surface area contributed by atoms with Crippen LogP contribution in [0.25, 0.3) is 0 Å². The van der Waals surface area contributed by atoms with Gasteiger partial charge in [-0.15, -0.1) is 0 Å². The third kappa shape index (κ3) is 2.44. The Labute approximate surface area is 91.6 Å². The fourth-order valence-corrected chi connectivity index (χ4v) is 1.98. The number of hydrogen-bond acceptors (Lipinski definition) is 2. The predicted molar refractivity (Wildman–Crippen MR) is 62.3 cm³/mol. The van der Waals surface area contributed by atoms with E-state index in [-0.39, 0.29) is 16.9 Å². The topological polar surface area (TPSA) is 40.5 Å². The lowest BCUT2D eigenvalue weighted by Crippen LogP contribution is -2.20. The predicted octanol–water partition coefficient (Wildman–Crippen LogP) is 3.57. The maximum atomic E-state index is 9.48. The number of phenolic OH excluding ortho intramolecular Hbond substituents is 2. The van der Waals surface area contributed by atoms with Crippen molar-refractivity contribution in [2.24, 2.45) is 0 Å². The summed E-state index contributed by atoms with van der Waals surface area (Å²) in [4.78, 5) is 0. The quantitative estimate of drug-likeness (QED) is 0.743. The average Bonchev–Trinajstić information content (AvgIpc) is 2.22. The maximum absolute atomic E-state index is 9.48. The molecule has 0 fully saturated rings. The van der Waals surface area contributed by atoms with Crippen molar-refractivity contribution in [3.8, 4) is 11.5 Å². The van der Waals surface area contributed by atoms with Crippen LogP contribution in [0.5, 0.6) is 11.5 Å². The van der Waals surface area contributed by atoms with Gasteiger partial charge in [0, 0.05) is 0 Å². The van der Waals surface area contributed by atoms with Gasteiger partial charge in [-0.1, -0.05) is 33.3 Å². The molecular weight excluding hydrogens is 188 g/mol. The number of hydrogen-bond donors (Lipinski definition) is 2. The molecule has 0 radical (unpaired) electrons. The van der Waals surface area contributed by atoms with Crippen molar-refractivity contribution in [3.05, 3.63) is 23.8 Å². The Bertz CT molecular complexity index is 333. The molecule has 0 aliphatic rings. The minimum Gasteiger partial charge on any atom is -0.504 e. The molecule has 1 unspecified atom stereocenters. The highest BCUT2D eigenvalue weighted by Crippen LogP contribution is 2.36. The van der Waals surface area contributed by atoms with E-state index in [4.69, 9.17) is 0 Å². The summed E-state index contributed by atoms with van der Waals surface area (Å²) in [6, 6.07) is 5.14. The fourth-order valence-electron chi connectivity index (χ4n) is 1.98. The number of phenols is 2. The van der Waals surface area contributed by atoms with Crippen LogP contribution in [0.15, 0.2) is 18.2 Å². The monoisotopic (exact) mass is 208 g/mol. The molecule has 15 heavy (non-hydrogen) atoms. The zero-order valence-corrected chi connectivity index (χ0v) is 9.75. The standard InChI is InChI=1S/C13H20O2/c1-4-8-13(3,5-2)10-6-7-11(14)12(15)9-10/h6-7,9,14-15H,4-5,8H2,1-3H3. The summed E-state index contributed by atoms with van der Waals surface area (Å²) in [5.74, 6) is -0.0722. The van der Waals surface area contributed by atoms with Crippen molar-refractivity contribution >= 4 is 0 Å². The second-order valence-electron chi connectivity index (χ2n) is 4.37. The summed E-state index contributed by atoms with van der Waals surface area (Å²) in [7, 11) is 0. The lowest BCUT2D eigenvalue weighted by molar-refractivity contribution is 0.389. The van der Waals surface area contributed by atoms with Crippen LogP contribution in [0.2, 0.25) is 0 Å². The highest BCUT2D eigenvalue weighted by molar-refractivity contribution is 5.43. The molecule has 0 aliphatic heterocycles. The van der Waals surface area contributed by atoms with Crippen molar-refractivity contribution in [1.29, 1.82) is 0 Å². The SMILES string of the molecule is CCCC(C)(CC)c1ccc(O)c(O)c1. The summed E-state index contributed by atoms with van der Waals surface area (Å²) in [6.07, 6.45) is 3.24. The first-order valence-electron chi connectivity index (χ1n) is 5.56. The molecule has 2 nitrogen and oxygen atoms in total. The molecular formula is C13H20O2. The van der Waals surface area contributed by atoms with Crippen LogP contribution in [0.4, 0.5) is 0 Å². The Morgan fingerprint density at radius 2 is 1.80 bits per heavy atom. The highest BCUT2D eigenvalue weighted by Gasteiger charge is 2.24. The zero-order valence-electron chi connectivity index (χ0n) is 9.75. The van der Waals surface area contributed by atoms with Crippen molar-refractivity contribution in [2.75, 3.05) is 0 Å². The molecule has 0 aromatic heterocycles. The molecule has 2 heteroatoms. The first kappa shape index (κ1) is 11.9. The van der Waals surface area contributed by atoms with Gasteiger partial charge >= 0.3 is 0 Å². The maximum Gasteiger partial charge on any atom is 0.157 e. The van der Waals surface area contributed by atoms with Crippen molar-refractivity contribution in [1.82, 2.24) is 0 Å². The van der Waals surface area contributed by atoms with Crippen LogP contribution in [-0.4, -0.2) is 10.2 Å². The van der Waals surface area contributed by atoms with E-state index in [0.29, 0.717) is 0 Å². The van der Waals surface area contributed by atoms with Gasteiger partial charge in [-0.05, 0) is 36.0 Å². The molecule has 0 heterocycles. The minimum atomic E-state index is -0.0475. The Morgan fingerprint density at radius 1 is 1.13 bits per heavy atom. The van der Waals surface area contributed by atoms with Gasteiger partial charge in [-0.2, -0.15) is 0 Å². The zero-order chi connectivity index (χ0) is 11.5. The van der Waals surface area contributed by atoms with E-state index in [1.54, 1.807) is 12.1 Å².